The molecule has 0 unspecified atom stereocenters. The smallest absolute Gasteiger partial charge is 0.291 e. The minimum Gasteiger partial charge on any atom is -0.359 e. The van der Waals surface area contributed by atoms with E-state index in [4.69, 9.17) is 0 Å². The van der Waals surface area contributed by atoms with Crippen LogP contribution >= 0.6 is 0 Å². The lowest BCUT2D eigenvalue weighted by Crippen LogP contribution is -2.54. The summed E-state index contributed by atoms with van der Waals surface area (Å²) in [5.41, 5.74) is 1.53. The molecule has 2 aromatic carbocycles. The third-order valence-corrected chi connectivity index (χ3v) is 5.87. The van der Waals surface area contributed by atoms with Crippen molar-refractivity contribution < 1.29 is 14.0 Å². The van der Waals surface area contributed by atoms with Crippen LogP contribution in [0.3, 0.4) is 0 Å². The Hall–Kier alpha value is -3.55. The highest BCUT2D eigenvalue weighted by molar-refractivity contribution is 5.91. The normalized spacial score (nSPS) is 18.6. The lowest BCUT2D eigenvalue weighted by Gasteiger charge is -2.41. The fraction of sp³-hybridized carbons (Fsp3) is 0.304. The molecular weight excluding hydrogens is 397 g/mol. The van der Waals surface area contributed by atoms with E-state index in [0.29, 0.717) is 37.9 Å². The van der Waals surface area contributed by atoms with Gasteiger partial charge in [0, 0.05) is 25.7 Å². The maximum absolute atomic E-state index is 14.1. The Morgan fingerprint density at radius 2 is 1.97 bits per heavy atom. The van der Waals surface area contributed by atoms with E-state index in [2.05, 4.69) is 20.5 Å². The molecule has 3 aromatic rings. The fourth-order valence-electron chi connectivity index (χ4n) is 4.33. The van der Waals surface area contributed by atoms with Gasteiger partial charge in [-0.05, 0) is 36.5 Å². The molecule has 0 bridgehead atoms. The Balaban J connectivity index is 1.57. The number of hydrogen-bond donors (Lipinski definition) is 2. The first kappa shape index (κ1) is 20.7. The predicted molar refractivity (Wildman–Crippen MR) is 114 cm³/mol. The number of carbonyl (C=O) groups is 2. The van der Waals surface area contributed by atoms with Gasteiger partial charge in [-0.3, -0.25) is 14.7 Å². The van der Waals surface area contributed by atoms with Crippen molar-refractivity contribution in [2.24, 2.45) is 5.41 Å². The van der Waals surface area contributed by atoms with Crippen molar-refractivity contribution in [3.63, 3.8) is 0 Å². The average molecular weight is 421 g/mol. The van der Waals surface area contributed by atoms with Gasteiger partial charge in [0.1, 0.15) is 12.1 Å². The molecule has 1 aliphatic heterocycles. The molecule has 160 valence electrons. The zero-order chi connectivity index (χ0) is 21.8. The van der Waals surface area contributed by atoms with E-state index in [0.717, 1.165) is 11.1 Å². The molecule has 1 aromatic heterocycles. The third-order valence-electron chi connectivity index (χ3n) is 5.87. The number of carbonyl (C=O) groups excluding carboxylic acids is 2. The largest absolute Gasteiger partial charge is 0.359 e. The monoisotopic (exact) mass is 421 g/mol. The second-order valence-electron chi connectivity index (χ2n) is 7.88. The Labute approximate surface area is 179 Å². The van der Waals surface area contributed by atoms with E-state index in [-0.39, 0.29) is 23.5 Å². The van der Waals surface area contributed by atoms with Gasteiger partial charge in [-0.25, -0.2) is 9.37 Å². The van der Waals surface area contributed by atoms with Crippen LogP contribution in [-0.2, 0) is 11.2 Å². The van der Waals surface area contributed by atoms with Crippen LogP contribution in [0.4, 0.5) is 4.39 Å². The molecule has 2 N–H and O–H groups in total. The molecule has 0 spiro atoms. The summed E-state index contributed by atoms with van der Waals surface area (Å²) in [4.78, 5) is 31.3. The highest BCUT2D eigenvalue weighted by Gasteiger charge is 2.43. The lowest BCUT2D eigenvalue weighted by atomic mass is 9.74. The standard InChI is InChI=1S/C23H24FN5O2/c1-25-22(31)23(11-4-12-29(14-23)21(30)20-26-15-27-28-20)13-16-7-9-17(10-8-16)18-5-2-3-6-19(18)24/h2-3,5-10,15H,4,11-14H2,1H3,(H,25,31)(H,26,27,28)/t23-/m1/s1. The summed E-state index contributed by atoms with van der Waals surface area (Å²) in [6.07, 6.45) is 3.15. The van der Waals surface area contributed by atoms with Crippen molar-refractivity contribution in [3.05, 3.63) is 72.1 Å². The molecule has 7 nitrogen and oxygen atoms in total. The first-order valence-corrected chi connectivity index (χ1v) is 10.2. The molecule has 1 atom stereocenters. The Bertz CT molecular complexity index is 1070. The van der Waals surface area contributed by atoms with E-state index >= 15 is 0 Å². The summed E-state index contributed by atoms with van der Waals surface area (Å²) in [6, 6.07) is 14.2. The first-order valence-electron chi connectivity index (χ1n) is 10.2. The molecule has 4 rings (SSSR count). The van der Waals surface area contributed by atoms with Crippen molar-refractivity contribution in [3.8, 4) is 11.1 Å². The maximum atomic E-state index is 14.1. The molecule has 1 aliphatic rings. The predicted octanol–water partition coefficient (Wildman–Crippen LogP) is 2.82. The number of benzene rings is 2. The van der Waals surface area contributed by atoms with Crippen LogP contribution in [-0.4, -0.2) is 52.0 Å². The number of halogens is 1. The van der Waals surface area contributed by atoms with Gasteiger partial charge in [0.25, 0.3) is 5.91 Å². The number of rotatable bonds is 5. The van der Waals surface area contributed by atoms with Crippen LogP contribution in [0.5, 0.6) is 0 Å². The van der Waals surface area contributed by atoms with Gasteiger partial charge in [0.15, 0.2) is 0 Å². The number of aromatic nitrogens is 3. The minimum atomic E-state index is -0.748. The fourth-order valence-corrected chi connectivity index (χ4v) is 4.33. The summed E-state index contributed by atoms with van der Waals surface area (Å²) in [5.74, 6) is -0.464. The van der Waals surface area contributed by atoms with Crippen LogP contribution in [0, 0.1) is 11.2 Å². The van der Waals surface area contributed by atoms with Gasteiger partial charge in [0.05, 0.1) is 5.41 Å². The first-order chi connectivity index (χ1) is 15.0. The topological polar surface area (TPSA) is 91.0 Å². The quantitative estimate of drug-likeness (QED) is 0.663. The Morgan fingerprint density at radius 1 is 1.19 bits per heavy atom. The molecule has 1 fully saturated rings. The third kappa shape index (κ3) is 4.19. The summed E-state index contributed by atoms with van der Waals surface area (Å²) in [5, 5.41) is 9.11. The second-order valence-corrected chi connectivity index (χ2v) is 7.88. The van der Waals surface area contributed by atoms with Crippen LogP contribution in [0.15, 0.2) is 54.9 Å². The van der Waals surface area contributed by atoms with Crippen LogP contribution in [0.25, 0.3) is 11.1 Å². The number of nitrogens with zero attached hydrogens (tertiary/aromatic N) is 3. The van der Waals surface area contributed by atoms with Crippen molar-refractivity contribution in [1.82, 2.24) is 25.4 Å². The van der Waals surface area contributed by atoms with Gasteiger partial charge < -0.3 is 10.2 Å². The average Bonchev–Trinajstić information content (AvgIpc) is 3.34. The van der Waals surface area contributed by atoms with E-state index in [1.807, 2.05) is 24.3 Å². The Morgan fingerprint density at radius 3 is 2.65 bits per heavy atom. The molecule has 1 saturated heterocycles. The van der Waals surface area contributed by atoms with Crippen molar-refractivity contribution in [1.29, 1.82) is 0 Å². The molecule has 8 heteroatoms. The van der Waals surface area contributed by atoms with Crippen LogP contribution in [0.2, 0.25) is 0 Å². The molecule has 31 heavy (non-hydrogen) atoms. The van der Waals surface area contributed by atoms with Gasteiger partial charge in [-0.2, -0.15) is 5.10 Å². The summed E-state index contributed by atoms with van der Waals surface area (Å²) in [7, 11) is 1.61. The number of aromatic amines is 1. The van der Waals surface area contributed by atoms with E-state index < -0.39 is 5.41 Å². The van der Waals surface area contributed by atoms with Crippen molar-refractivity contribution in [2.75, 3.05) is 20.1 Å². The number of amides is 2. The second kappa shape index (κ2) is 8.67. The van der Waals surface area contributed by atoms with Crippen LogP contribution < -0.4 is 5.32 Å². The van der Waals surface area contributed by atoms with Crippen LogP contribution in [0.1, 0.15) is 29.0 Å². The maximum Gasteiger partial charge on any atom is 0.291 e. The van der Waals surface area contributed by atoms with Gasteiger partial charge in [-0.1, -0.05) is 42.5 Å². The highest BCUT2D eigenvalue weighted by atomic mass is 19.1. The molecule has 0 saturated carbocycles. The number of hydrogen-bond acceptors (Lipinski definition) is 4. The zero-order valence-electron chi connectivity index (χ0n) is 17.3. The molecule has 0 radical (unpaired) electrons. The lowest BCUT2D eigenvalue weighted by molar-refractivity contribution is -0.133. The minimum absolute atomic E-state index is 0.0965. The highest BCUT2D eigenvalue weighted by Crippen LogP contribution is 2.35. The molecule has 2 heterocycles. The van der Waals surface area contributed by atoms with Crippen molar-refractivity contribution in [2.45, 2.75) is 19.3 Å². The number of piperidine rings is 1. The summed E-state index contributed by atoms with van der Waals surface area (Å²) >= 11 is 0. The molecule has 0 aliphatic carbocycles. The van der Waals surface area contributed by atoms with Gasteiger partial charge >= 0.3 is 0 Å². The number of H-pyrrole nitrogens is 1. The van der Waals surface area contributed by atoms with Gasteiger partial charge in [-0.15, -0.1) is 0 Å². The zero-order valence-corrected chi connectivity index (χ0v) is 17.3. The summed E-state index contributed by atoms with van der Waals surface area (Å²) in [6.45, 7) is 0.853. The number of nitrogens with one attached hydrogen (secondary N) is 2. The number of likely N-dealkylation sites (tertiary alicyclic amines) is 1. The van der Waals surface area contributed by atoms with Gasteiger partial charge in [0.2, 0.25) is 11.7 Å². The molecular formula is C23H24FN5O2. The van der Waals surface area contributed by atoms with E-state index in [9.17, 15) is 14.0 Å². The Kier molecular flexibility index (Phi) is 5.79. The van der Waals surface area contributed by atoms with Crippen molar-refractivity contribution >= 4 is 11.8 Å². The molecule has 2 amide bonds. The van der Waals surface area contributed by atoms with E-state index in [1.165, 1.54) is 12.4 Å². The summed E-state index contributed by atoms with van der Waals surface area (Å²) < 4.78 is 14.1. The van der Waals surface area contributed by atoms with E-state index in [1.54, 1.807) is 30.1 Å². The SMILES string of the molecule is CNC(=O)[C@@]1(Cc2ccc(-c3ccccc3F)cc2)CCCN(C(=O)c2ncn[nH]2)C1.